The second-order valence-corrected chi connectivity index (χ2v) is 7.77. The van der Waals surface area contributed by atoms with E-state index in [0.29, 0.717) is 17.9 Å². The number of carbonyl (C=O) groups excluding carboxylic acids is 1. The molecule has 19 heavy (non-hydrogen) atoms. The van der Waals surface area contributed by atoms with Crippen LogP contribution in [0.2, 0.25) is 0 Å². The first-order valence-corrected chi connectivity index (χ1v) is 8.57. The van der Waals surface area contributed by atoms with Crippen LogP contribution in [0.25, 0.3) is 0 Å². The number of nitrogens with one attached hydrogen (secondary N) is 1. The lowest BCUT2D eigenvalue weighted by molar-refractivity contribution is -0.121. The second-order valence-electron chi connectivity index (χ2n) is 5.35. The molecule has 1 heterocycles. The highest BCUT2D eigenvalue weighted by atomic mass is 32.2. The van der Waals surface area contributed by atoms with E-state index in [1.54, 1.807) is 5.51 Å². The fourth-order valence-electron chi connectivity index (χ4n) is 2.50. The maximum absolute atomic E-state index is 12.2. The molecule has 0 spiro atoms. The van der Waals surface area contributed by atoms with Gasteiger partial charge in [-0.3, -0.25) is 4.79 Å². The summed E-state index contributed by atoms with van der Waals surface area (Å²) in [6.07, 6.45) is 3.60. The molecule has 4 nitrogen and oxygen atoms in total. The van der Waals surface area contributed by atoms with Gasteiger partial charge in [0, 0.05) is 6.04 Å². The molecule has 1 N–H and O–H groups in total. The van der Waals surface area contributed by atoms with Gasteiger partial charge in [0.05, 0.1) is 5.25 Å². The molecule has 106 valence electrons. The van der Waals surface area contributed by atoms with Crippen LogP contribution in [0.5, 0.6) is 0 Å². The number of hydrogen-bond acceptors (Lipinski definition) is 5. The lowest BCUT2D eigenvalue weighted by Crippen LogP contribution is -2.46. The summed E-state index contributed by atoms with van der Waals surface area (Å²) in [5.41, 5.74) is 1.69. The van der Waals surface area contributed by atoms with E-state index in [1.807, 2.05) is 6.92 Å². The van der Waals surface area contributed by atoms with Gasteiger partial charge >= 0.3 is 0 Å². The molecule has 0 radical (unpaired) electrons. The minimum absolute atomic E-state index is 0.114. The molecule has 0 bridgehead atoms. The van der Waals surface area contributed by atoms with Gasteiger partial charge in [0.25, 0.3) is 0 Å². The fourth-order valence-corrected chi connectivity index (χ4v) is 4.14. The van der Waals surface area contributed by atoms with Crippen molar-refractivity contribution in [2.45, 2.75) is 55.7 Å². The standard InChI is InChI=1S/C13H21N3OS2/c1-8-5-4-6-11(9(8)2)15-12(17)10(3)19-13-16-14-7-18-13/h7-11H,4-6H2,1-3H3,(H,15,17)/t8-,9+,10+,11+/m0/s1. The van der Waals surface area contributed by atoms with Crippen molar-refractivity contribution in [2.75, 3.05) is 0 Å². The maximum Gasteiger partial charge on any atom is 0.233 e. The summed E-state index contributed by atoms with van der Waals surface area (Å²) in [7, 11) is 0. The summed E-state index contributed by atoms with van der Waals surface area (Å²) < 4.78 is 0.854. The molecule has 1 aliphatic rings. The molecular formula is C13H21N3OS2. The Morgan fingerprint density at radius 2 is 2.32 bits per heavy atom. The van der Waals surface area contributed by atoms with E-state index in [1.165, 1.54) is 35.9 Å². The Morgan fingerprint density at radius 3 is 3.00 bits per heavy atom. The molecule has 1 amide bonds. The summed E-state index contributed by atoms with van der Waals surface area (Å²) >= 11 is 2.96. The van der Waals surface area contributed by atoms with Crippen molar-refractivity contribution >= 4 is 29.0 Å². The summed E-state index contributed by atoms with van der Waals surface area (Å²) in [5, 5.41) is 10.8. The van der Waals surface area contributed by atoms with Gasteiger partial charge in [-0.2, -0.15) is 0 Å². The van der Waals surface area contributed by atoms with Gasteiger partial charge in [0.2, 0.25) is 5.91 Å². The van der Waals surface area contributed by atoms with E-state index in [9.17, 15) is 4.79 Å². The zero-order valence-corrected chi connectivity index (χ0v) is 13.3. The molecule has 1 aromatic rings. The average Bonchev–Trinajstić information content (AvgIpc) is 2.87. The third kappa shape index (κ3) is 3.92. The van der Waals surface area contributed by atoms with Crippen molar-refractivity contribution in [3.8, 4) is 0 Å². The minimum Gasteiger partial charge on any atom is -0.352 e. The Hall–Kier alpha value is -0.620. The molecule has 0 aliphatic heterocycles. The number of aromatic nitrogens is 2. The number of hydrogen-bond donors (Lipinski definition) is 1. The van der Waals surface area contributed by atoms with Crippen molar-refractivity contribution in [3.63, 3.8) is 0 Å². The minimum atomic E-state index is -0.114. The monoisotopic (exact) mass is 299 g/mol. The third-order valence-electron chi connectivity index (χ3n) is 4.02. The highest BCUT2D eigenvalue weighted by Crippen LogP contribution is 2.30. The molecular weight excluding hydrogens is 278 g/mol. The predicted molar refractivity (Wildman–Crippen MR) is 79.3 cm³/mol. The number of thioether (sulfide) groups is 1. The predicted octanol–water partition coefficient (Wildman–Crippen LogP) is 2.96. The van der Waals surface area contributed by atoms with Crippen LogP contribution in [0.3, 0.4) is 0 Å². The summed E-state index contributed by atoms with van der Waals surface area (Å²) in [4.78, 5) is 12.2. The van der Waals surface area contributed by atoms with Crippen LogP contribution in [0.1, 0.15) is 40.0 Å². The van der Waals surface area contributed by atoms with Crippen molar-refractivity contribution in [1.29, 1.82) is 0 Å². The van der Waals surface area contributed by atoms with Crippen molar-refractivity contribution in [3.05, 3.63) is 5.51 Å². The van der Waals surface area contributed by atoms with Gasteiger partial charge in [-0.25, -0.2) is 0 Å². The van der Waals surface area contributed by atoms with Crippen molar-refractivity contribution in [1.82, 2.24) is 15.5 Å². The largest absolute Gasteiger partial charge is 0.352 e. The number of rotatable bonds is 4. The van der Waals surface area contributed by atoms with E-state index >= 15 is 0 Å². The van der Waals surface area contributed by atoms with Crippen molar-refractivity contribution < 1.29 is 4.79 Å². The molecule has 1 aliphatic carbocycles. The first-order chi connectivity index (χ1) is 9.08. The van der Waals surface area contributed by atoms with Gasteiger partial charge < -0.3 is 5.32 Å². The molecule has 6 heteroatoms. The molecule has 2 rings (SSSR count). The molecule has 1 aromatic heterocycles. The van der Waals surface area contributed by atoms with Gasteiger partial charge in [-0.1, -0.05) is 49.8 Å². The van der Waals surface area contributed by atoms with Gasteiger partial charge in [0.1, 0.15) is 5.51 Å². The topological polar surface area (TPSA) is 54.9 Å². The van der Waals surface area contributed by atoms with E-state index < -0.39 is 0 Å². The quantitative estimate of drug-likeness (QED) is 0.869. The smallest absolute Gasteiger partial charge is 0.233 e. The number of nitrogens with zero attached hydrogens (tertiary/aromatic N) is 2. The van der Waals surface area contributed by atoms with E-state index in [2.05, 4.69) is 29.4 Å². The molecule has 0 aromatic carbocycles. The lowest BCUT2D eigenvalue weighted by atomic mass is 9.78. The Morgan fingerprint density at radius 1 is 1.53 bits per heavy atom. The van der Waals surface area contributed by atoms with Crippen LogP contribution in [0.15, 0.2) is 9.85 Å². The van der Waals surface area contributed by atoms with Crippen LogP contribution in [0, 0.1) is 11.8 Å². The number of carbonyl (C=O) groups is 1. The SMILES string of the molecule is C[C@@H]1[C@@H](C)CCC[C@H]1NC(=O)[C@@H](C)Sc1nncs1. The second kappa shape index (κ2) is 6.70. The third-order valence-corrected chi connectivity index (χ3v) is 5.93. The Kier molecular flexibility index (Phi) is 5.21. The van der Waals surface area contributed by atoms with Gasteiger partial charge in [-0.05, 0) is 25.2 Å². The fraction of sp³-hybridized carbons (Fsp3) is 0.769. The van der Waals surface area contributed by atoms with E-state index in [0.717, 1.165) is 10.8 Å². The zero-order chi connectivity index (χ0) is 13.8. The first kappa shape index (κ1) is 14.8. The Balaban J connectivity index is 1.86. The average molecular weight is 299 g/mol. The van der Waals surface area contributed by atoms with E-state index in [-0.39, 0.29) is 11.2 Å². The Labute approximate surface area is 122 Å². The highest BCUT2D eigenvalue weighted by molar-refractivity contribution is 8.02. The molecule has 4 atom stereocenters. The van der Waals surface area contributed by atoms with Crippen LogP contribution in [0.4, 0.5) is 0 Å². The summed E-state index contributed by atoms with van der Waals surface area (Å²) in [6.45, 7) is 6.46. The summed E-state index contributed by atoms with van der Waals surface area (Å²) in [6, 6.07) is 0.328. The molecule has 0 saturated heterocycles. The molecule has 0 unspecified atom stereocenters. The first-order valence-electron chi connectivity index (χ1n) is 6.81. The van der Waals surface area contributed by atoms with Crippen molar-refractivity contribution in [2.24, 2.45) is 11.8 Å². The normalized spacial score (nSPS) is 28.9. The van der Waals surface area contributed by atoms with Crippen LogP contribution in [-0.4, -0.2) is 27.4 Å². The Bertz CT molecular complexity index is 410. The highest BCUT2D eigenvalue weighted by Gasteiger charge is 2.29. The molecule has 1 saturated carbocycles. The van der Waals surface area contributed by atoms with E-state index in [4.69, 9.17) is 0 Å². The zero-order valence-electron chi connectivity index (χ0n) is 11.6. The maximum atomic E-state index is 12.2. The molecule has 1 fully saturated rings. The summed E-state index contributed by atoms with van der Waals surface area (Å²) in [5.74, 6) is 1.38. The van der Waals surface area contributed by atoms with Crippen LogP contribution >= 0.6 is 23.1 Å². The van der Waals surface area contributed by atoms with Crippen LogP contribution < -0.4 is 5.32 Å². The van der Waals surface area contributed by atoms with Gasteiger partial charge in [0.15, 0.2) is 4.34 Å². The lowest BCUT2D eigenvalue weighted by Gasteiger charge is -2.35. The van der Waals surface area contributed by atoms with Crippen LogP contribution in [-0.2, 0) is 4.79 Å². The van der Waals surface area contributed by atoms with Gasteiger partial charge in [-0.15, -0.1) is 10.2 Å². The number of amides is 1.